The summed E-state index contributed by atoms with van der Waals surface area (Å²) in [5, 5.41) is 0. The summed E-state index contributed by atoms with van der Waals surface area (Å²) in [5.41, 5.74) is 0. The van der Waals surface area contributed by atoms with Gasteiger partial charge in [0, 0.05) is 0 Å². The average Bonchev–Trinajstić information content (AvgIpc) is 2.02. The summed E-state index contributed by atoms with van der Waals surface area (Å²) in [6.45, 7) is 4.43. The summed E-state index contributed by atoms with van der Waals surface area (Å²) in [6, 6.07) is 0. The second-order valence-corrected chi connectivity index (χ2v) is 5.05. The van der Waals surface area contributed by atoms with Gasteiger partial charge in [0.15, 0.2) is 0 Å². The number of unbranched alkanes of at least 4 members (excludes halogenated alkanes) is 6. The van der Waals surface area contributed by atoms with E-state index in [0.717, 1.165) is 0 Å². The molecule has 0 aliphatic rings. The third-order valence-corrected chi connectivity index (χ3v) is 2.42. The Morgan fingerprint density at radius 1 is 1.08 bits per heavy atom. The molecule has 0 aliphatic heterocycles. The Labute approximate surface area is 91.0 Å². The normalized spacial score (nSPS) is 12.1. The van der Waals surface area contributed by atoms with Gasteiger partial charge in [-0.3, -0.25) is 0 Å². The number of hydrogen-bond donors (Lipinski definition) is 0. The summed E-state index contributed by atoms with van der Waals surface area (Å²) in [5.74, 6) is 0. The molecule has 0 aliphatic carbocycles. The van der Waals surface area contributed by atoms with Crippen LogP contribution in [0.5, 0.6) is 0 Å². The van der Waals surface area contributed by atoms with Crippen LogP contribution in [0.4, 0.5) is 0 Å². The van der Waals surface area contributed by atoms with E-state index in [1.54, 1.807) is 0 Å². The number of allylic oxidation sites excluding steroid dienone is 2. The van der Waals surface area contributed by atoms with E-state index in [2.05, 4.69) is 42.5 Å². The molecule has 0 saturated heterocycles. The lowest BCUT2D eigenvalue weighted by Gasteiger charge is -1.97. The average molecular weight is 280 g/mol. The molecule has 0 aromatic rings. The van der Waals surface area contributed by atoms with Gasteiger partial charge in [-0.1, -0.05) is 45.1 Å². The van der Waals surface area contributed by atoms with Gasteiger partial charge in [-0.25, -0.2) is 0 Å². The Morgan fingerprint density at radius 2 is 1.67 bits per heavy atom. The Kier molecular flexibility index (Phi) is 9.93. The lowest BCUT2D eigenvalue weighted by molar-refractivity contribution is 0.611. The molecule has 1 heteroatoms. The van der Waals surface area contributed by atoms with E-state index in [1.165, 1.54) is 48.5 Å². The van der Waals surface area contributed by atoms with Crippen molar-refractivity contribution in [3.8, 4) is 0 Å². The minimum atomic E-state index is 1.28. The zero-order valence-electron chi connectivity index (χ0n) is 8.41. The molecule has 0 heterocycles. The first-order valence-electron chi connectivity index (χ1n) is 5.09. The highest BCUT2D eigenvalue weighted by molar-refractivity contribution is 14.1. The molecule has 0 nitrogen and oxygen atoms in total. The zero-order valence-corrected chi connectivity index (χ0v) is 10.6. The summed E-state index contributed by atoms with van der Waals surface area (Å²) in [6.07, 6.45) is 12.0. The van der Waals surface area contributed by atoms with Crippen LogP contribution in [-0.4, -0.2) is 0 Å². The van der Waals surface area contributed by atoms with Gasteiger partial charge in [-0.2, -0.15) is 0 Å². The maximum atomic E-state index is 2.38. The first-order chi connectivity index (χ1) is 5.77. The van der Waals surface area contributed by atoms with Crippen molar-refractivity contribution in [1.29, 1.82) is 0 Å². The van der Waals surface area contributed by atoms with Gasteiger partial charge in [-0.15, -0.1) is 0 Å². The summed E-state index contributed by atoms with van der Waals surface area (Å²) in [7, 11) is 0. The van der Waals surface area contributed by atoms with Gasteiger partial charge in [0.2, 0.25) is 0 Å². The molecule has 0 N–H and O–H groups in total. The SMILES string of the molecule is CCCCCCCC/C=C(/C)I. The fourth-order valence-electron chi connectivity index (χ4n) is 1.23. The molecule has 12 heavy (non-hydrogen) atoms. The number of hydrogen-bond acceptors (Lipinski definition) is 0. The van der Waals surface area contributed by atoms with Crippen molar-refractivity contribution in [3.63, 3.8) is 0 Å². The lowest BCUT2D eigenvalue weighted by Crippen LogP contribution is -1.77. The zero-order chi connectivity index (χ0) is 9.23. The highest BCUT2D eigenvalue weighted by atomic mass is 127. The van der Waals surface area contributed by atoms with Gasteiger partial charge in [0.25, 0.3) is 0 Å². The minimum absolute atomic E-state index is 1.28. The monoisotopic (exact) mass is 280 g/mol. The van der Waals surface area contributed by atoms with Crippen LogP contribution in [0, 0.1) is 0 Å². The molecule has 0 radical (unpaired) electrons. The largest absolute Gasteiger partial charge is 0.0755 e. The lowest BCUT2D eigenvalue weighted by atomic mass is 10.1. The Morgan fingerprint density at radius 3 is 2.25 bits per heavy atom. The third-order valence-electron chi connectivity index (χ3n) is 1.98. The van der Waals surface area contributed by atoms with E-state index in [1.807, 2.05) is 0 Å². The number of rotatable bonds is 7. The van der Waals surface area contributed by atoms with Crippen molar-refractivity contribution in [3.05, 3.63) is 9.66 Å². The molecule has 0 unspecified atom stereocenters. The highest BCUT2D eigenvalue weighted by Gasteiger charge is 1.88. The molecular weight excluding hydrogens is 259 g/mol. The fourth-order valence-corrected chi connectivity index (χ4v) is 1.54. The predicted octanol–water partition coefficient (Wildman–Crippen LogP) is 5.08. The maximum absolute atomic E-state index is 2.38. The van der Waals surface area contributed by atoms with Gasteiger partial charge in [0.1, 0.15) is 0 Å². The summed E-state index contributed by atoms with van der Waals surface area (Å²) in [4.78, 5) is 0. The molecule has 0 amide bonds. The quantitative estimate of drug-likeness (QED) is 0.451. The molecule has 0 bridgehead atoms. The molecule has 0 aromatic heterocycles. The third kappa shape index (κ3) is 10.5. The molecule has 0 rings (SSSR count). The van der Waals surface area contributed by atoms with E-state index in [0.29, 0.717) is 0 Å². The minimum Gasteiger partial charge on any atom is -0.0755 e. The van der Waals surface area contributed by atoms with Crippen molar-refractivity contribution < 1.29 is 0 Å². The second-order valence-electron chi connectivity index (χ2n) is 3.35. The Hall–Kier alpha value is 0.470. The van der Waals surface area contributed by atoms with Crippen LogP contribution >= 0.6 is 22.6 Å². The van der Waals surface area contributed by atoms with E-state index in [4.69, 9.17) is 0 Å². The van der Waals surface area contributed by atoms with Crippen LogP contribution in [0.1, 0.15) is 58.8 Å². The van der Waals surface area contributed by atoms with Crippen molar-refractivity contribution >= 4 is 22.6 Å². The van der Waals surface area contributed by atoms with Crippen LogP contribution in [-0.2, 0) is 0 Å². The van der Waals surface area contributed by atoms with Crippen molar-refractivity contribution in [2.24, 2.45) is 0 Å². The van der Waals surface area contributed by atoms with Gasteiger partial charge >= 0.3 is 0 Å². The smallest absolute Gasteiger partial charge is 0.0165 e. The molecule has 0 atom stereocenters. The maximum Gasteiger partial charge on any atom is -0.0165 e. The van der Waals surface area contributed by atoms with E-state index < -0.39 is 0 Å². The standard InChI is InChI=1S/C11H21I/c1-3-4-5-6-7-8-9-10-11(2)12/h10H,3-9H2,1-2H3/b11-10-. The van der Waals surface area contributed by atoms with Crippen LogP contribution in [0.25, 0.3) is 0 Å². The summed E-state index contributed by atoms with van der Waals surface area (Å²) < 4.78 is 1.43. The van der Waals surface area contributed by atoms with Crippen LogP contribution in [0.15, 0.2) is 9.66 Å². The Bertz CT molecular complexity index is 112. The van der Waals surface area contributed by atoms with Crippen molar-refractivity contribution in [1.82, 2.24) is 0 Å². The topological polar surface area (TPSA) is 0 Å². The predicted molar refractivity (Wildman–Crippen MR) is 65.8 cm³/mol. The van der Waals surface area contributed by atoms with Gasteiger partial charge in [0.05, 0.1) is 0 Å². The number of halogens is 1. The first kappa shape index (κ1) is 12.5. The van der Waals surface area contributed by atoms with Crippen LogP contribution in [0.3, 0.4) is 0 Å². The molecule has 0 fully saturated rings. The van der Waals surface area contributed by atoms with Crippen LogP contribution in [0.2, 0.25) is 0 Å². The van der Waals surface area contributed by atoms with E-state index in [9.17, 15) is 0 Å². The van der Waals surface area contributed by atoms with Gasteiger partial charge in [-0.05, 0) is 45.9 Å². The van der Waals surface area contributed by atoms with Crippen molar-refractivity contribution in [2.75, 3.05) is 0 Å². The molecule has 0 saturated carbocycles. The fraction of sp³-hybridized carbons (Fsp3) is 0.818. The molecule has 72 valence electrons. The Balaban J connectivity index is 2.96. The van der Waals surface area contributed by atoms with E-state index in [-0.39, 0.29) is 0 Å². The van der Waals surface area contributed by atoms with Crippen molar-refractivity contribution in [2.45, 2.75) is 58.8 Å². The second kappa shape index (κ2) is 9.56. The highest BCUT2D eigenvalue weighted by Crippen LogP contribution is 2.10. The summed E-state index contributed by atoms with van der Waals surface area (Å²) >= 11 is 2.38. The molecule has 0 spiro atoms. The van der Waals surface area contributed by atoms with E-state index >= 15 is 0 Å². The molecular formula is C11H21I. The van der Waals surface area contributed by atoms with Crippen LogP contribution < -0.4 is 0 Å². The first-order valence-corrected chi connectivity index (χ1v) is 6.17. The van der Waals surface area contributed by atoms with Gasteiger partial charge < -0.3 is 0 Å². The molecule has 0 aromatic carbocycles.